The number of aromatic nitrogens is 3. The van der Waals surface area contributed by atoms with Crippen LogP contribution in [0.5, 0.6) is 5.75 Å². The van der Waals surface area contributed by atoms with Crippen LogP contribution in [0.15, 0.2) is 53.0 Å². The molecule has 0 unspecified atom stereocenters. The summed E-state index contributed by atoms with van der Waals surface area (Å²) in [5.41, 5.74) is 9.58. The van der Waals surface area contributed by atoms with Gasteiger partial charge in [0, 0.05) is 28.3 Å². The summed E-state index contributed by atoms with van der Waals surface area (Å²) >= 11 is 3.18. The number of H-pyrrole nitrogens is 1. The quantitative estimate of drug-likeness (QED) is 0.479. The van der Waals surface area contributed by atoms with E-state index in [4.69, 9.17) is 10.5 Å². The van der Waals surface area contributed by atoms with E-state index < -0.39 is 5.91 Å². The first-order valence-corrected chi connectivity index (χ1v) is 10.00. The van der Waals surface area contributed by atoms with Gasteiger partial charge in [-0.1, -0.05) is 23.9 Å². The molecule has 0 saturated heterocycles. The minimum atomic E-state index is -0.429. The fourth-order valence-electron chi connectivity index (χ4n) is 2.59. The van der Waals surface area contributed by atoms with Gasteiger partial charge in [-0.2, -0.15) is 0 Å². The number of carbonyl (C=O) groups is 1. The number of thiazole rings is 1. The summed E-state index contributed by atoms with van der Waals surface area (Å²) in [5.74, 6) is 1.09. The summed E-state index contributed by atoms with van der Waals surface area (Å²) < 4.78 is 5.24. The van der Waals surface area contributed by atoms with Gasteiger partial charge in [0.15, 0.2) is 5.16 Å². The zero-order chi connectivity index (χ0) is 18.8. The van der Waals surface area contributed by atoms with Crippen molar-refractivity contribution in [1.29, 1.82) is 0 Å². The zero-order valence-corrected chi connectivity index (χ0v) is 16.1. The molecule has 0 aliphatic carbocycles. The second-order valence-corrected chi connectivity index (χ2v) is 7.62. The summed E-state index contributed by atoms with van der Waals surface area (Å²) in [6.45, 7) is 0. The fraction of sp³-hybridized carbons (Fsp3) is 0.105. The molecular formula is C19H16N4O2S2. The smallest absolute Gasteiger partial charge is 0.248 e. The van der Waals surface area contributed by atoms with Crippen LogP contribution in [0.1, 0.15) is 16.1 Å². The Hall–Kier alpha value is -2.84. The normalized spacial score (nSPS) is 11.0. The first-order chi connectivity index (χ1) is 13.1. The molecule has 4 rings (SSSR count). The Balaban J connectivity index is 1.45. The van der Waals surface area contributed by atoms with Crippen molar-refractivity contribution in [3.05, 3.63) is 59.1 Å². The molecule has 0 aliphatic rings. The van der Waals surface area contributed by atoms with Crippen LogP contribution >= 0.6 is 23.1 Å². The SMILES string of the molecule is COc1ccc2nc(SCc3csc(-c4ccc(C(N)=O)cc4)n3)[nH]c2c1. The second kappa shape index (κ2) is 7.42. The molecule has 0 fully saturated rings. The molecule has 6 nitrogen and oxygen atoms in total. The van der Waals surface area contributed by atoms with Gasteiger partial charge in [-0.3, -0.25) is 4.79 Å². The molecule has 0 spiro atoms. The van der Waals surface area contributed by atoms with E-state index in [0.29, 0.717) is 11.3 Å². The Morgan fingerprint density at radius 1 is 1.22 bits per heavy atom. The lowest BCUT2D eigenvalue weighted by Crippen LogP contribution is -2.10. The molecule has 2 aromatic carbocycles. The lowest BCUT2D eigenvalue weighted by Gasteiger charge is -1.98. The molecule has 27 heavy (non-hydrogen) atoms. The third kappa shape index (κ3) is 3.81. The van der Waals surface area contributed by atoms with Crippen LogP contribution in [0.4, 0.5) is 0 Å². The Labute approximate surface area is 163 Å². The predicted octanol–water partition coefficient (Wildman–Crippen LogP) is 4.09. The molecular weight excluding hydrogens is 380 g/mol. The van der Waals surface area contributed by atoms with Crippen molar-refractivity contribution in [2.75, 3.05) is 7.11 Å². The molecule has 136 valence electrons. The summed E-state index contributed by atoms with van der Waals surface area (Å²) in [4.78, 5) is 23.7. The summed E-state index contributed by atoms with van der Waals surface area (Å²) in [5, 5.41) is 3.80. The van der Waals surface area contributed by atoms with Gasteiger partial charge in [-0.05, 0) is 24.3 Å². The number of methoxy groups -OCH3 is 1. The van der Waals surface area contributed by atoms with E-state index in [-0.39, 0.29) is 0 Å². The number of aromatic amines is 1. The average molecular weight is 396 g/mol. The molecule has 0 atom stereocenters. The van der Waals surface area contributed by atoms with Gasteiger partial charge in [0.25, 0.3) is 0 Å². The molecule has 0 saturated carbocycles. The maximum Gasteiger partial charge on any atom is 0.248 e. The van der Waals surface area contributed by atoms with Crippen molar-refractivity contribution in [3.63, 3.8) is 0 Å². The van der Waals surface area contributed by atoms with Crippen molar-refractivity contribution >= 4 is 40.0 Å². The number of nitrogens with two attached hydrogens (primary N) is 1. The van der Waals surface area contributed by atoms with E-state index in [1.165, 1.54) is 0 Å². The second-order valence-electron chi connectivity index (χ2n) is 5.80. The van der Waals surface area contributed by atoms with E-state index in [0.717, 1.165) is 38.2 Å². The first-order valence-electron chi connectivity index (χ1n) is 8.13. The summed E-state index contributed by atoms with van der Waals surface area (Å²) in [6.07, 6.45) is 0. The van der Waals surface area contributed by atoms with Crippen LogP contribution in [0.25, 0.3) is 21.6 Å². The maximum atomic E-state index is 11.2. The van der Waals surface area contributed by atoms with Crippen molar-refractivity contribution in [3.8, 4) is 16.3 Å². The van der Waals surface area contributed by atoms with E-state index in [1.54, 1.807) is 42.3 Å². The zero-order valence-electron chi connectivity index (χ0n) is 14.4. The minimum Gasteiger partial charge on any atom is -0.497 e. The van der Waals surface area contributed by atoms with Gasteiger partial charge in [0.05, 0.1) is 23.8 Å². The number of primary amides is 1. The molecule has 4 aromatic rings. The summed E-state index contributed by atoms with van der Waals surface area (Å²) in [7, 11) is 1.65. The third-order valence-electron chi connectivity index (χ3n) is 3.99. The van der Waals surface area contributed by atoms with Gasteiger partial charge >= 0.3 is 0 Å². The first kappa shape index (κ1) is 17.6. The Kier molecular flexibility index (Phi) is 4.83. The van der Waals surface area contributed by atoms with E-state index in [2.05, 4.69) is 15.0 Å². The van der Waals surface area contributed by atoms with Crippen LogP contribution in [0.2, 0.25) is 0 Å². The number of rotatable bonds is 6. The molecule has 1 amide bonds. The van der Waals surface area contributed by atoms with Crippen LogP contribution < -0.4 is 10.5 Å². The van der Waals surface area contributed by atoms with Crippen LogP contribution in [0.3, 0.4) is 0 Å². The molecule has 0 radical (unpaired) electrons. The molecule has 2 heterocycles. The molecule has 3 N–H and O–H groups in total. The standard InChI is InChI=1S/C19H16N4O2S2/c1-25-14-6-7-15-16(8-14)23-19(22-15)27-10-13-9-26-18(21-13)12-4-2-11(3-5-12)17(20)24/h2-9H,10H2,1H3,(H2,20,24)(H,22,23). The predicted molar refractivity (Wildman–Crippen MR) is 108 cm³/mol. The number of hydrogen-bond donors (Lipinski definition) is 2. The number of imidazole rings is 1. The van der Waals surface area contributed by atoms with Gasteiger partial charge in [0.2, 0.25) is 5.91 Å². The number of fused-ring (bicyclic) bond motifs is 1. The van der Waals surface area contributed by atoms with Gasteiger partial charge in [-0.15, -0.1) is 11.3 Å². The lowest BCUT2D eigenvalue weighted by atomic mass is 10.1. The van der Waals surface area contributed by atoms with Crippen LogP contribution in [-0.4, -0.2) is 28.0 Å². The topological polar surface area (TPSA) is 93.9 Å². The number of benzene rings is 2. The monoisotopic (exact) mass is 396 g/mol. The third-order valence-corrected chi connectivity index (χ3v) is 5.84. The van der Waals surface area contributed by atoms with Crippen LogP contribution in [-0.2, 0) is 5.75 Å². The van der Waals surface area contributed by atoms with Crippen molar-refractivity contribution in [1.82, 2.24) is 15.0 Å². The van der Waals surface area contributed by atoms with Gasteiger partial charge < -0.3 is 15.5 Å². The van der Waals surface area contributed by atoms with Crippen molar-refractivity contribution < 1.29 is 9.53 Å². The molecule has 8 heteroatoms. The van der Waals surface area contributed by atoms with E-state index in [9.17, 15) is 4.79 Å². The fourth-order valence-corrected chi connectivity index (χ4v) is 4.29. The molecule has 0 bridgehead atoms. The van der Waals surface area contributed by atoms with E-state index >= 15 is 0 Å². The highest BCUT2D eigenvalue weighted by Crippen LogP contribution is 2.29. The summed E-state index contributed by atoms with van der Waals surface area (Å²) in [6, 6.07) is 12.9. The Morgan fingerprint density at radius 3 is 2.78 bits per heavy atom. The minimum absolute atomic E-state index is 0.429. The van der Waals surface area contributed by atoms with Crippen molar-refractivity contribution in [2.45, 2.75) is 10.9 Å². The van der Waals surface area contributed by atoms with Crippen LogP contribution in [0, 0.1) is 0 Å². The number of ether oxygens (including phenoxy) is 1. The number of thioether (sulfide) groups is 1. The lowest BCUT2D eigenvalue weighted by molar-refractivity contribution is 0.100. The largest absolute Gasteiger partial charge is 0.497 e. The molecule has 0 aliphatic heterocycles. The number of carbonyl (C=O) groups excluding carboxylic acids is 1. The van der Waals surface area contributed by atoms with E-state index in [1.807, 2.05) is 35.7 Å². The number of hydrogen-bond acceptors (Lipinski definition) is 6. The van der Waals surface area contributed by atoms with Crippen molar-refractivity contribution in [2.24, 2.45) is 5.73 Å². The average Bonchev–Trinajstić information content (AvgIpc) is 3.32. The molecule has 2 aromatic heterocycles. The number of nitrogens with zero attached hydrogens (tertiary/aromatic N) is 2. The Morgan fingerprint density at radius 2 is 2.04 bits per heavy atom. The highest BCUT2D eigenvalue weighted by atomic mass is 32.2. The highest BCUT2D eigenvalue weighted by Gasteiger charge is 2.09. The number of nitrogens with one attached hydrogen (secondary N) is 1. The Bertz CT molecular complexity index is 1100. The highest BCUT2D eigenvalue weighted by molar-refractivity contribution is 7.98. The number of amides is 1. The van der Waals surface area contributed by atoms with Gasteiger partial charge in [0.1, 0.15) is 10.8 Å². The van der Waals surface area contributed by atoms with Gasteiger partial charge in [-0.25, -0.2) is 9.97 Å². The maximum absolute atomic E-state index is 11.2.